The molecule has 0 atom stereocenters. The molecule has 5 heteroatoms. The number of pyridine rings is 1. The van der Waals surface area contributed by atoms with Gasteiger partial charge in [0.2, 0.25) is 0 Å². The predicted octanol–water partition coefficient (Wildman–Crippen LogP) is 11.5. The van der Waals surface area contributed by atoms with Gasteiger partial charge in [-0.05, 0) is 52.4 Å². The number of aromatic nitrogens is 2. The van der Waals surface area contributed by atoms with Crippen molar-refractivity contribution < 1.29 is 5.11 Å². The Labute approximate surface area is 264 Å². The van der Waals surface area contributed by atoms with Crippen LogP contribution in [0.3, 0.4) is 0 Å². The molecule has 8 aromatic rings. The first-order valence-corrected chi connectivity index (χ1v) is 16.5. The Kier molecular flexibility index (Phi) is 6.30. The van der Waals surface area contributed by atoms with E-state index in [4.69, 9.17) is 9.97 Å². The van der Waals surface area contributed by atoms with Crippen LogP contribution in [0.5, 0.6) is 5.75 Å². The molecular formula is C39H30N2OS2. The number of thiazole rings is 1. The van der Waals surface area contributed by atoms with Gasteiger partial charge in [-0.15, -0.1) is 22.7 Å². The van der Waals surface area contributed by atoms with E-state index in [2.05, 4.69) is 106 Å². The third-order valence-electron chi connectivity index (χ3n) is 8.11. The Bertz CT molecular complexity index is 2360. The lowest BCUT2D eigenvalue weighted by Gasteiger charge is -2.18. The van der Waals surface area contributed by atoms with Crippen molar-refractivity contribution in [1.29, 1.82) is 0 Å². The zero-order chi connectivity index (χ0) is 30.0. The molecule has 0 saturated heterocycles. The summed E-state index contributed by atoms with van der Waals surface area (Å²) in [5.41, 5.74) is 7.24. The van der Waals surface area contributed by atoms with Crippen LogP contribution in [0.15, 0.2) is 109 Å². The number of hydrogen-bond acceptors (Lipinski definition) is 5. The molecule has 3 nitrogen and oxygen atoms in total. The summed E-state index contributed by atoms with van der Waals surface area (Å²) in [6.45, 7) is 6.88. The number of rotatable bonds is 4. The summed E-state index contributed by atoms with van der Waals surface area (Å²) >= 11 is 3.43. The number of nitrogens with zero attached hydrogens (tertiary/aromatic N) is 2. The van der Waals surface area contributed by atoms with Crippen LogP contribution in [0.2, 0.25) is 0 Å². The van der Waals surface area contributed by atoms with Gasteiger partial charge in [0.15, 0.2) is 0 Å². The molecule has 0 aliphatic carbocycles. The van der Waals surface area contributed by atoms with Crippen LogP contribution in [-0.2, 0) is 6.42 Å². The normalized spacial score (nSPS) is 12.2. The molecule has 8 rings (SSSR count). The van der Waals surface area contributed by atoms with Gasteiger partial charge in [-0.2, -0.15) is 0 Å². The van der Waals surface area contributed by atoms with Crippen LogP contribution < -0.4 is 0 Å². The third-order valence-corrected chi connectivity index (χ3v) is 10.4. The van der Waals surface area contributed by atoms with Gasteiger partial charge in [0, 0.05) is 26.6 Å². The van der Waals surface area contributed by atoms with Gasteiger partial charge in [-0.3, -0.25) is 0 Å². The van der Waals surface area contributed by atoms with Crippen LogP contribution in [0, 0.1) is 5.41 Å². The van der Waals surface area contributed by atoms with E-state index in [9.17, 15) is 5.11 Å². The van der Waals surface area contributed by atoms with Gasteiger partial charge >= 0.3 is 0 Å². The maximum Gasteiger partial charge on any atom is 0.128 e. The smallest absolute Gasteiger partial charge is 0.128 e. The average molecular weight is 607 g/mol. The molecule has 0 spiro atoms. The van der Waals surface area contributed by atoms with Crippen LogP contribution >= 0.6 is 22.7 Å². The highest BCUT2D eigenvalue weighted by atomic mass is 32.1. The minimum Gasteiger partial charge on any atom is -0.507 e. The van der Waals surface area contributed by atoms with Crippen molar-refractivity contribution in [2.75, 3.05) is 0 Å². The molecule has 214 valence electrons. The number of aromatic hydroxyl groups is 1. The van der Waals surface area contributed by atoms with Crippen LogP contribution in [-0.4, -0.2) is 15.1 Å². The Morgan fingerprint density at radius 2 is 1.43 bits per heavy atom. The molecule has 3 aromatic heterocycles. The lowest BCUT2D eigenvalue weighted by Crippen LogP contribution is -2.08. The highest BCUT2D eigenvalue weighted by Crippen LogP contribution is 2.45. The SMILES string of the molecule is CC(C)(C)Cc1ccc2c(ccc3c4cc(-c5cccc6sc(-c7ccccc7O)nc56)nc(-c5ccccc5)c4sc23)c1. The average Bonchev–Trinajstić information content (AvgIpc) is 3.62. The van der Waals surface area contributed by atoms with E-state index >= 15 is 0 Å². The Hall–Kier alpha value is -4.58. The highest BCUT2D eigenvalue weighted by Gasteiger charge is 2.20. The standard InChI is InChI=1S/C39H30N2OS2/c1-39(2,3)22-23-16-18-26-25(20-23)17-19-27-30-21-31(40-34(37(30)44-36(26)27)24-10-5-4-6-11-24)28-13-9-15-33-35(28)41-38(43-33)29-12-7-8-14-32(29)42/h4-21,42H,22H2,1-3H3. The maximum absolute atomic E-state index is 10.5. The molecule has 44 heavy (non-hydrogen) atoms. The van der Waals surface area contributed by atoms with Crippen molar-refractivity contribution >= 4 is 63.8 Å². The number of phenols is 1. The van der Waals surface area contributed by atoms with Crippen LogP contribution in [0.1, 0.15) is 26.3 Å². The molecule has 1 N–H and O–H groups in total. The van der Waals surface area contributed by atoms with E-state index in [0.717, 1.165) is 49.7 Å². The van der Waals surface area contributed by atoms with Gasteiger partial charge in [-0.25, -0.2) is 9.97 Å². The zero-order valence-electron chi connectivity index (χ0n) is 24.8. The van der Waals surface area contributed by atoms with Crippen LogP contribution in [0.4, 0.5) is 0 Å². The van der Waals surface area contributed by atoms with E-state index in [0.29, 0.717) is 0 Å². The Morgan fingerprint density at radius 1 is 0.659 bits per heavy atom. The second-order valence-corrected chi connectivity index (χ2v) is 14.7. The van der Waals surface area contributed by atoms with Crippen molar-refractivity contribution in [2.45, 2.75) is 27.2 Å². The first-order valence-electron chi connectivity index (χ1n) is 14.8. The topological polar surface area (TPSA) is 46.0 Å². The molecule has 0 unspecified atom stereocenters. The number of fused-ring (bicyclic) bond motifs is 6. The van der Waals surface area contributed by atoms with E-state index in [1.54, 1.807) is 17.4 Å². The second kappa shape index (κ2) is 10.3. The van der Waals surface area contributed by atoms with Crippen molar-refractivity contribution in [3.8, 4) is 38.8 Å². The highest BCUT2D eigenvalue weighted by molar-refractivity contribution is 7.27. The van der Waals surface area contributed by atoms with E-state index in [1.807, 2.05) is 29.5 Å². The van der Waals surface area contributed by atoms with Crippen molar-refractivity contribution in [2.24, 2.45) is 5.41 Å². The molecule has 0 saturated carbocycles. The molecule has 0 aliphatic heterocycles. The number of para-hydroxylation sites is 2. The minimum absolute atomic E-state index is 0.238. The summed E-state index contributed by atoms with van der Waals surface area (Å²) in [5, 5.41) is 16.4. The number of hydrogen-bond donors (Lipinski definition) is 1. The molecule has 0 amide bonds. The summed E-state index contributed by atoms with van der Waals surface area (Å²) in [6.07, 6.45) is 1.05. The van der Waals surface area contributed by atoms with Gasteiger partial charge in [-0.1, -0.05) is 106 Å². The van der Waals surface area contributed by atoms with Crippen molar-refractivity contribution in [1.82, 2.24) is 9.97 Å². The lowest BCUT2D eigenvalue weighted by atomic mass is 9.87. The van der Waals surface area contributed by atoms with E-state index < -0.39 is 0 Å². The van der Waals surface area contributed by atoms with E-state index in [1.165, 1.54) is 36.5 Å². The third kappa shape index (κ3) is 4.64. The molecule has 5 aromatic carbocycles. The molecule has 0 aliphatic rings. The largest absolute Gasteiger partial charge is 0.507 e. The van der Waals surface area contributed by atoms with Crippen LogP contribution in [0.25, 0.3) is 74.2 Å². The number of thiophene rings is 1. The van der Waals surface area contributed by atoms with Gasteiger partial charge in [0.25, 0.3) is 0 Å². The summed E-state index contributed by atoms with van der Waals surface area (Å²) in [7, 11) is 0. The molecule has 3 heterocycles. The predicted molar refractivity (Wildman–Crippen MR) is 189 cm³/mol. The fourth-order valence-corrected chi connectivity index (χ4v) is 8.54. The summed E-state index contributed by atoms with van der Waals surface area (Å²) in [6, 6.07) is 37.9. The number of phenolic OH excluding ortho intramolecular Hbond substituents is 1. The summed E-state index contributed by atoms with van der Waals surface area (Å²) < 4.78 is 3.56. The van der Waals surface area contributed by atoms with Gasteiger partial charge in [0.05, 0.1) is 31.9 Å². The van der Waals surface area contributed by atoms with Gasteiger partial charge < -0.3 is 5.11 Å². The zero-order valence-corrected chi connectivity index (χ0v) is 26.4. The van der Waals surface area contributed by atoms with Crippen molar-refractivity contribution in [3.63, 3.8) is 0 Å². The quantitative estimate of drug-likeness (QED) is 0.217. The second-order valence-electron chi connectivity index (χ2n) is 12.6. The lowest BCUT2D eigenvalue weighted by molar-refractivity contribution is 0.411. The van der Waals surface area contributed by atoms with Crippen molar-refractivity contribution in [3.05, 3.63) is 115 Å². The Morgan fingerprint density at radius 3 is 2.25 bits per heavy atom. The molecule has 0 fully saturated rings. The maximum atomic E-state index is 10.5. The van der Waals surface area contributed by atoms with Gasteiger partial charge in [0.1, 0.15) is 10.8 Å². The fraction of sp³-hybridized carbons (Fsp3) is 0.128. The summed E-state index contributed by atoms with van der Waals surface area (Å²) in [5.74, 6) is 0.238. The Balaban J connectivity index is 1.37. The minimum atomic E-state index is 0.238. The number of benzene rings is 5. The molecule has 0 radical (unpaired) electrons. The molecular weight excluding hydrogens is 577 g/mol. The molecule has 0 bridgehead atoms. The first-order chi connectivity index (χ1) is 21.3. The fourth-order valence-electron chi connectivity index (χ4n) is 6.19. The summed E-state index contributed by atoms with van der Waals surface area (Å²) in [4.78, 5) is 10.4. The van der Waals surface area contributed by atoms with E-state index in [-0.39, 0.29) is 11.2 Å². The monoisotopic (exact) mass is 606 g/mol. The first kappa shape index (κ1) is 27.0.